The van der Waals surface area contributed by atoms with E-state index in [1.165, 1.54) is 18.2 Å². The molecule has 1 N–H and O–H groups in total. The zero-order valence-corrected chi connectivity index (χ0v) is 12.6. The Morgan fingerprint density at radius 3 is 2.59 bits per heavy atom. The van der Waals surface area contributed by atoms with Gasteiger partial charge in [-0.3, -0.25) is 4.79 Å². The molecule has 0 saturated carbocycles. The van der Waals surface area contributed by atoms with Crippen molar-refractivity contribution in [2.24, 2.45) is 0 Å². The minimum Gasteiger partial charge on any atom is -0.494 e. The first kappa shape index (κ1) is 15.8. The first-order valence-corrected chi connectivity index (χ1v) is 7.06. The van der Waals surface area contributed by atoms with Gasteiger partial charge in [0.25, 0.3) is 0 Å². The maximum absolute atomic E-state index is 13.0. The van der Waals surface area contributed by atoms with Gasteiger partial charge >= 0.3 is 0 Å². The van der Waals surface area contributed by atoms with E-state index in [-0.39, 0.29) is 11.6 Å². The highest BCUT2D eigenvalue weighted by Crippen LogP contribution is 2.16. The number of benzene rings is 2. The highest BCUT2D eigenvalue weighted by atomic mass is 19.1. The number of hydrogen-bond donors (Lipinski definition) is 1. The number of aryl methyl sites for hydroxylation is 1. The molecule has 0 atom stereocenters. The monoisotopic (exact) mass is 299 g/mol. The van der Waals surface area contributed by atoms with E-state index < -0.39 is 0 Å². The highest BCUT2D eigenvalue weighted by molar-refractivity contribution is 6.04. The first-order valence-electron chi connectivity index (χ1n) is 7.06. The number of rotatable bonds is 6. The average molecular weight is 299 g/mol. The largest absolute Gasteiger partial charge is 0.494 e. The lowest BCUT2D eigenvalue weighted by Crippen LogP contribution is -1.98. The molecule has 4 heteroatoms. The second kappa shape index (κ2) is 7.41. The van der Waals surface area contributed by atoms with Crippen molar-refractivity contribution in [2.45, 2.75) is 13.8 Å². The van der Waals surface area contributed by atoms with Gasteiger partial charge in [-0.05, 0) is 61.9 Å². The molecule has 0 radical (unpaired) electrons. The van der Waals surface area contributed by atoms with Crippen molar-refractivity contribution in [1.82, 2.24) is 0 Å². The van der Waals surface area contributed by atoms with Gasteiger partial charge in [-0.15, -0.1) is 0 Å². The molecule has 0 aliphatic rings. The molecule has 0 aliphatic carbocycles. The Morgan fingerprint density at radius 2 is 1.95 bits per heavy atom. The van der Waals surface area contributed by atoms with Crippen LogP contribution in [0.5, 0.6) is 5.75 Å². The van der Waals surface area contributed by atoms with Crippen LogP contribution in [0.4, 0.5) is 10.1 Å². The lowest BCUT2D eigenvalue weighted by molar-refractivity contribution is 0.104. The van der Waals surface area contributed by atoms with Crippen molar-refractivity contribution < 1.29 is 13.9 Å². The minimum atomic E-state index is -0.280. The van der Waals surface area contributed by atoms with Gasteiger partial charge in [0.2, 0.25) is 0 Å². The molecule has 0 amide bonds. The van der Waals surface area contributed by atoms with Crippen LogP contribution in [0.3, 0.4) is 0 Å². The zero-order chi connectivity index (χ0) is 15.9. The predicted molar refractivity (Wildman–Crippen MR) is 85.8 cm³/mol. The molecule has 0 aliphatic heterocycles. The molecule has 0 saturated heterocycles. The molecule has 0 aromatic heterocycles. The number of nitrogens with one attached hydrogen (secondary N) is 1. The molecule has 2 aromatic carbocycles. The number of hydrogen-bond acceptors (Lipinski definition) is 3. The molecular formula is C18H18FNO2. The number of halogens is 1. The van der Waals surface area contributed by atoms with Crippen LogP contribution in [-0.2, 0) is 0 Å². The van der Waals surface area contributed by atoms with Gasteiger partial charge in [-0.1, -0.05) is 0 Å². The second-order valence-electron chi connectivity index (χ2n) is 4.76. The quantitative estimate of drug-likeness (QED) is 0.637. The van der Waals surface area contributed by atoms with E-state index in [9.17, 15) is 9.18 Å². The fourth-order valence-corrected chi connectivity index (χ4v) is 1.97. The number of carbonyl (C=O) groups is 1. The van der Waals surface area contributed by atoms with Gasteiger partial charge < -0.3 is 10.1 Å². The van der Waals surface area contributed by atoms with Crippen molar-refractivity contribution >= 4 is 11.5 Å². The highest BCUT2D eigenvalue weighted by Gasteiger charge is 2.02. The molecule has 2 rings (SSSR count). The third-order valence-electron chi connectivity index (χ3n) is 3.11. The number of allylic oxidation sites excluding steroid dienone is 1. The van der Waals surface area contributed by atoms with Crippen LogP contribution in [-0.4, -0.2) is 12.4 Å². The summed E-state index contributed by atoms with van der Waals surface area (Å²) >= 11 is 0. The number of ether oxygens (including phenoxy) is 1. The maximum Gasteiger partial charge on any atom is 0.187 e. The summed E-state index contributed by atoms with van der Waals surface area (Å²) in [7, 11) is 0. The van der Waals surface area contributed by atoms with Crippen LogP contribution in [0.2, 0.25) is 0 Å². The van der Waals surface area contributed by atoms with Crippen LogP contribution >= 0.6 is 0 Å². The van der Waals surface area contributed by atoms with Crippen molar-refractivity contribution in [3.05, 3.63) is 71.7 Å². The van der Waals surface area contributed by atoms with E-state index in [4.69, 9.17) is 4.74 Å². The molecule has 0 unspecified atom stereocenters. The topological polar surface area (TPSA) is 38.3 Å². The summed E-state index contributed by atoms with van der Waals surface area (Å²) in [5.41, 5.74) is 2.12. The SMILES string of the molecule is CCOc1ccc(C(=O)C=CNc2ccc(F)cc2C)cc1. The van der Waals surface area contributed by atoms with Gasteiger partial charge in [-0.2, -0.15) is 0 Å². The maximum atomic E-state index is 13.0. The normalized spacial score (nSPS) is 10.7. The summed E-state index contributed by atoms with van der Waals surface area (Å²) in [6, 6.07) is 11.4. The summed E-state index contributed by atoms with van der Waals surface area (Å²) < 4.78 is 18.3. The van der Waals surface area contributed by atoms with Crippen LogP contribution in [0.15, 0.2) is 54.7 Å². The molecule has 22 heavy (non-hydrogen) atoms. The van der Waals surface area contributed by atoms with Crippen LogP contribution in [0.1, 0.15) is 22.8 Å². The van der Waals surface area contributed by atoms with Gasteiger partial charge in [0.15, 0.2) is 5.78 Å². The summed E-state index contributed by atoms with van der Waals surface area (Å²) in [6.07, 6.45) is 3.00. The van der Waals surface area contributed by atoms with Gasteiger partial charge in [-0.25, -0.2) is 4.39 Å². The smallest absolute Gasteiger partial charge is 0.187 e. The standard InChI is InChI=1S/C18H18FNO2/c1-3-22-16-7-4-14(5-8-16)18(21)10-11-20-17-9-6-15(19)12-13(17)2/h4-12,20H,3H2,1-2H3. The molecule has 0 bridgehead atoms. The Bertz CT molecular complexity index is 678. The second-order valence-corrected chi connectivity index (χ2v) is 4.76. The molecule has 3 nitrogen and oxygen atoms in total. The Labute approximate surface area is 129 Å². The molecule has 114 valence electrons. The average Bonchev–Trinajstić information content (AvgIpc) is 2.50. The van der Waals surface area contributed by atoms with Gasteiger partial charge in [0.05, 0.1) is 6.61 Å². The van der Waals surface area contributed by atoms with Crippen LogP contribution < -0.4 is 10.1 Å². The van der Waals surface area contributed by atoms with Gasteiger partial charge in [0.1, 0.15) is 11.6 Å². The van der Waals surface area contributed by atoms with E-state index >= 15 is 0 Å². The van der Waals surface area contributed by atoms with Crippen molar-refractivity contribution in [3.8, 4) is 5.75 Å². The van der Waals surface area contributed by atoms with Crippen LogP contribution in [0.25, 0.3) is 0 Å². The Morgan fingerprint density at radius 1 is 1.23 bits per heavy atom. The Hall–Kier alpha value is -2.62. The summed E-state index contributed by atoms with van der Waals surface area (Å²) in [6.45, 7) is 4.30. The number of carbonyl (C=O) groups excluding carboxylic acids is 1. The third kappa shape index (κ3) is 4.19. The van der Waals surface area contributed by atoms with E-state index in [0.717, 1.165) is 17.0 Å². The first-order chi connectivity index (χ1) is 10.6. The van der Waals surface area contributed by atoms with Crippen molar-refractivity contribution in [1.29, 1.82) is 0 Å². The number of anilines is 1. The van der Waals surface area contributed by atoms with E-state index in [1.807, 2.05) is 6.92 Å². The van der Waals surface area contributed by atoms with Crippen molar-refractivity contribution in [3.63, 3.8) is 0 Å². The van der Waals surface area contributed by atoms with E-state index in [0.29, 0.717) is 12.2 Å². The van der Waals surface area contributed by atoms with Gasteiger partial charge in [0, 0.05) is 23.5 Å². The molecule has 0 spiro atoms. The molecule has 2 aromatic rings. The van der Waals surface area contributed by atoms with E-state index in [1.54, 1.807) is 43.5 Å². The fourth-order valence-electron chi connectivity index (χ4n) is 1.97. The lowest BCUT2D eigenvalue weighted by atomic mass is 10.1. The summed E-state index contributed by atoms with van der Waals surface area (Å²) in [4.78, 5) is 12.0. The zero-order valence-electron chi connectivity index (χ0n) is 12.6. The molecule has 0 fully saturated rings. The van der Waals surface area contributed by atoms with Crippen molar-refractivity contribution in [2.75, 3.05) is 11.9 Å². The Balaban J connectivity index is 1.98. The summed E-state index contributed by atoms with van der Waals surface area (Å²) in [5.74, 6) is 0.343. The lowest BCUT2D eigenvalue weighted by Gasteiger charge is -2.05. The van der Waals surface area contributed by atoms with Crippen LogP contribution in [0, 0.1) is 12.7 Å². The fraction of sp³-hybridized carbons (Fsp3) is 0.167. The minimum absolute atomic E-state index is 0.115. The summed E-state index contributed by atoms with van der Waals surface area (Å²) in [5, 5.41) is 2.98. The Kier molecular flexibility index (Phi) is 5.31. The van der Waals surface area contributed by atoms with E-state index in [2.05, 4.69) is 5.32 Å². The third-order valence-corrected chi connectivity index (χ3v) is 3.11. The molecular weight excluding hydrogens is 281 g/mol. The molecule has 0 heterocycles. The predicted octanol–water partition coefficient (Wildman–Crippen LogP) is 4.34. The number of ketones is 1.